The number of thioether (sulfide) groups is 1. The fourth-order valence-electron chi connectivity index (χ4n) is 4.23. The molecule has 0 saturated carbocycles. The van der Waals surface area contributed by atoms with Crippen molar-refractivity contribution in [2.24, 2.45) is 5.41 Å². The van der Waals surface area contributed by atoms with Crippen molar-refractivity contribution in [3.63, 3.8) is 0 Å². The topological polar surface area (TPSA) is 160 Å². The van der Waals surface area contributed by atoms with E-state index < -0.39 is 35.3 Å². The molecule has 0 bridgehead atoms. The van der Waals surface area contributed by atoms with Crippen LogP contribution in [0.4, 0.5) is 4.79 Å². The van der Waals surface area contributed by atoms with Crippen molar-refractivity contribution < 1.29 is 38.6 Å². The molecular formula is C30H41N5O8S. The Morgan fingerprint density at radius 1 is 1.05 bits per heavy atom. The second kappa shape index (κ2) is 16.1. The van der Waals surface area contributed by atoms with Crippen LogP contribution in [-0.2, 0) is 19.1 Å². The smallest absolute Gasteiger partial charge is 0.409 e. The van der Waals surface area contributed by atoms with Crippen molar-refractivity contribution in [1.29, 1.82) is 0 Å². The molecule has 1 aliphatic rings. The Morgan fingerprint density at radius 3 is 2.32 bits per heavy atom. The van der Waals surface area contributed by atoms with E-state index in [1.165, 1.54) is 20.5 Å². The third-order valence-electron chi connectivity index (χ3n) is 6.92. The molecule has 1 fully saturated rings. The molecule has 3 rings (SSSR count). The van der Waals surface area contributed by atoms with Crippen LogP contribution in [0, 0.1) is 5.41 Å². The molecule has 1 aliphatic heterocycles. The van der Waals surface area contributed by atoms with Crippen LogP contribution < -0.4 is 10.1 Å². The lowest BCUT2D eigenvalue weighted by molar-refractivity contribution is -0.138. The molecule has 1 atom stereocenters. The number of ketones is 1. The summed E-state index contributed by atoms with van der Waals surface area (Å²) in [5.74, 6) is -1.38. The molecule has 3 amide bonds. The summed E-state index contributed by atoms with van der Waals surface area (Å²) >= 11 is 1.67. The van der Waals surface area contributed by atoms with E-state index in [-0.39, 0.29) is 63.0 Å². The summed E-state index contributed by atoms with van der Waals surface area (Å²) in [5.41, 5.74) is -0.118. The minimum absolute atomic E-state index is 0.0748. The number of Topliss-reactive ketones (excluding diaryl/α,β-unsaturated/α-hetero) is 1. The second-order valence-corrected chi connectivity index (χ2v) is 12.3. The third kappa shape index (κ3) is 10.00. The van der Waals surface area contributed by atoms with Crippen LogP contribution in [0.2, 0.25) is 0 Å². The number of aliphatic carboxylic acids is 1. The molecule has 14 heteroatoms. The highest BCUT2D eigenvalue weighted by molar-refractivity contribution is 7.98. The van der Waals surface area contributed by atoms with E-state index in [0.717, 1.165) is 12.2 Å². The first kappa shape index (κ1) is 34.4. The molecule has 13 nitrogen and oxygen atoms in total. The fraction of sp³-hybridized carbons (Fsp3) is 0.533. The summed E-state index contributed by atoms with van der Waals surface area (Å²) in [5, 5.41) is 16.3. The maximum Gasteiger partial charge on any atom is 0.409 e. The molecule has 0 radical (unpaired) electrons. The maximum absolute atomic E-state index is 13.5. The number of hydrogen-bond acceptors (Lipinski definition) is 9. The highest BCUT2D eigenvalue weighted by Gasteiger charge is 2.32. The molecule has 44 heavy (non-hydrogen) atoms. The van der Waals surface area contributed by atoms with Crippen LogP contribution in [0.25, 0.3) is 5.69 Å². The number of para-hydroxylation sites is 1. The third-order valence-corrected chi connectivity index (χ3v) is 7.61. The molecule has 1 aromatic carbocycles. The van der Waals surface area contributed by atoms with Crippen molar-refractivity contribution in [3.05, 3.63) is 42.1 Å². The Balaban J connectivity index is 1.72. The number of carboxylic acid groups (broad SMARTS) is 1. The van der Waals surface area contributed by atoms with Gasteiger partial charge in [0.15, 0.2) is 11.5 Å². The molecule has 240 valence electrons. The molecule has 0 aliphatic carbocycles. The Hall–Kier alpha value is -4.07. The number of carbonyl (C=O) groups is 5. The largest absolute Gasteiger partial charge is 0.481 e. The lowest BCUT2D eigenvalue weighted by Crippen LogP contribution is -2.56. The number of amides is 3. The van der Waals surface area contributed by atoms with E-state index in [1.807, 2.05) is 12.3 Å². The molecule has 0 unspecified atom stereocenters. The first-order valence-corrected chi connectivity index (χ1v) is 15.8. The number of carbonyl (C=O) groups excluding carboxylic acids is 4. The number of ether oxygens (including phenoxy) is 2. The number of piperazine rings is 1. The van der Waals surface area contributed by atoms with Gasteiger partial charge in [-0.3, -0.25) is 19.2 Å². The van der Waals surface area contributed by atoms with Gasteiger partial charge in [0, 0.05) is 44.1 Å². The van der Waals surface area contributed by atoms with Crippen LogP contribution in [0.15, 0.2) is 36.4 Å². The van der Waals surface area contributed by atoms with Gasteiger partial charge in [-0.2, -0.15) is 16.9 Å². The summed E-state index contributed by atoms with van der Waals surface area (Å²) in [7, 11) is 0. The van der Waals surface area contributed by atoms with Crippen LogP contribution in [0.1, 0.15) is 50.5 Å². The van der Waals surface area contributed by atoms with Gasteiger partial charge in [-0.05, 0) is 37.0 Å². The summed E-state index contributed by atoms with van der Waals surface area (Å²) < 4.78 is 12.5. The number of carboxylic acids is 1. The van der Waals surface area contributed by atoms with Crippen molar-refractivity contribution >= 4 is 41.4 Å². The van der Waals surface area contributed by atoms with Gasteiger partial charge < -0.3 is 29.7 Å². The van der Waals surface area contributed by atoms with Crippen molar-refractivity contribution in [2.75, 3.05) is 51.4 Å². The Labute approximate surface area is 261 Å². The number of nitrogens with one attached hydrogen (secondary N) is 1. The van der Waals surface area contributed by atoms with E-state index >= 15 is 0 Å². The Morgan fingerprint density at radius 2 is 1.70 bits per heavy atom. The van der Waals surface area contributed by atoms with Gasteiger partial charge in [0.2, 0.25) is 11.8 Å². The lowest BCUT2D eigenvalue weighted by Gasteiger charge is -2.36. The molecule has 2 heterocycles. The first-order chi connectivity index (χ1) is 20.9. The number of benzene rings is 1. The lowest BCUT2D eigenvalue weighted by atomic mass is 9.91. The zero-order chi connectivity index (χ0) is 32.3. The highest BCUT2D eigenvalue weighted by Crippen LogP contribution is 2.22. The summed E-state index contributed by atoms with van der Waals surface area (Å²) in [6.07, 6.45) is 1.81. The molecule has 2 N–H and O–H groups in total. The van der Waals surface area contributed by atoms with Gasteiger partial charge in [0.25, 0.3) is 5.91 Å². The van der Waals surface area contributed by atoms with E-state index in [2.05, 4.69) is 10.4 Å². The van der Waals surface area contributed by atoms with Gasteiger partial charge in [0.05, 0.1) is 12.3 Å². The fourth-order valence-corrected chi connectivity index (χ4v) is 4.64. The molecule has 1 aromatic heterocycles. The molecular weight excluding hydrogens is 590 g/mol. The Bertz CT molecular complexity index is 1300. The van der Waals surface area contributed by atoms with Gasteiger partial charge in [-0.1, -0.05) is 39.0 Å². The quantitative estimate of drug-likeness (QED) is 0.297. The van der Waals surface area contributed by atoms with Gasteiger partial charge in [-0.15, -0.1) is 0 Å². The Kier molecular flexibility index (Phi) is 12.6. The summed E-state index contributed by atoms with van der Waals surface area (Å²) in [4.78, 5) is 66.0. The van der Waals surface area contributed by atoms with Gasteiger partial charge >= 0.3 is 12.1 Å². The maximum atomic E-state index is 13.5. The van der Waals surface area contributed by atoms with E-state index in [4.69, 9.17) is 9.47 Å². The van der Waals surface area contributed by atoms with Gasteiger partial charge in [0.1, 0.15) is 12.6 Å². The highest BCUT2D eigenvalue weighted by atomic mass is 32.2. The zero-order valence-corrected chi connectivity index (χ0v) is 26.4. The van der Waals surface area contributed by atoms with E-state index in [0.29, 0.717) is 12.3 Å². The summed E-state index contributed by atoms with van der Waals surface area (Å²) in [6.45, 7) is 6.34. The van der Waals surface area contributed by atoms with Crippen LogP contribution in [0.3, 0.4) is 0 Å². The molecule has 0 spiro atoms. The predicted molar refractivity (Wildman–Crippen MR) is 164 cm³/mol. The molecule has 2 aromatic rings. The van der Waals surface area contributed by atoms with E-state index in [9.17, 15) is 29.1 Å². The monoisotopic (exact) mass is 631 g/mol. The SMILES string of the molecule is CSCCCOC(=O)N1CCN(C(=O)[C@H](CCC(=O)O)NC(=O)c2cc(OCC(=O)C(C)(C)C)n(-c3ccccc3)n2)CC1. The number of nitrogens with zero attached hydrogens (tertiary/aromatic N) is 4. The minimum atomic E-state index is -1.14. The standard InChI is InChI=1S/C30H41N5O8S/c1-30(2,3)24(36)20-43-25-19-23(32-35(25)21-9-6-5-7-10-21)27(39)31-22(11-12-26(37)38)28(40)33-13-15-34(16-14-33)29(41)42-17-8-18-44-4/h5-7,9-10,19,22H,8,11-18,20H2,1-4H3,(H,31,39)(H,37,38)/t22-/m0/s1. The van der Waals surface area contributed by atoms with Crippen molar-refractivity contribution in [2.45, 2.75) is 46.1 Å². The van der Waals surface area contributed by atoms with Crippen LogP contribution in [0.5, 0.6) is 5.88 Å². The van der Waals surface area contributed by atoms with Crippen LogP contribution in [-0.4, -0.2) is 112 Å². The van der Waals surface area contributed by atoms with Crippen molar-refractivity contribution in [3.8, 4) is 11.6 Å². The van der Waals surface area contributed by atoms with E-state index in [1.54, 1.807) is 56.8 Å². The number of rotatable bonds is 14. The van der Waals surface area contributed by atoms with Crippen molar-refractivity contribution in [1.82, 2.24) is 24.9 Å². The predicted octanol–water partition coefficient (Wildman–Crippen LogP) is 2.86. The second-order valence-electron chi connectivity index (χ2n) is 11.3. The first-order valence-electron chi connectivity index (χ1n) is 14.4. The summed E-state index contributed by atoms with van der Waals surface area (Å²) in [6, 6.07) is 9.13. The number of hydrogen-bond donors (Lipinski definition) is 2. The average Bonchev–Trinajstić information content (AvgIpc) is 3.44. The molecule has 1 saturated heterocycles. The minimum Gasteiger partial charge on any atom is -0.481 e. The zero-order valence-electron chi connectivity index (χ0n) is 25.6. The average molecular weight is 632 g/mol. The number of aromatic nitrogens is 2. The van der Waals surface area contributed by atoms with Crippen LogP contribution >= 0.6 is 11.8 Å². The normalized spacial score (nSPS) is 14.1. The van der Waals surface area contributed by atoms with Gasteiger partial charge in [-0.25, -0.2) is 9.48 Å².